The van der Waals surface area contributed by atoms with Gasteiger partial charge in [-0.15, -0.1) is 0 Å². The molecule has 2 rings (SSSR count). The minimum atomic E-state index is -1.09. The van der Waals surface area contributed by atoms with Crippen LogP contribution in [-0.4, -0.2) is 23.8 Å². The van der Waals surface area contributed by atoms with Crippen LogP contribution in [0.2, 0.25) is 0 Å². The summed E-state index contributed by atoms with van der Waals surface area (Å²) in [7, 11) is 0. The van der Waals surface area contributed by atoms with Crippen molar-refractivity contribution in [3.05, 3.63) is 52.2 Å². The molecular weight excluding hydrogens is 324 g/mol. The molecule has 1 unspecified atom stereocenters. The molecule has 2 aromatic rings. The Morgan fingerprint density at radius 3 is 2.83 bits per heavy atom. The summed E-state index contributed by atoms with van der Waals surface area (Å²) >= 11 is 1.51. The van der Waals surface area contributed by atoms with Gasteiger partial charge in [0.2, 0.25) is 0 Å². The number of nitrogens with one attached hydrogen (secondary N) is 2. The van der Waals surface area contributed by atoms with E-state index in [2.05, 4.69) is 10.6 Å². The maximum Gasteiger partial charge on any atom is 0.319 e. The fraction of sp³-hybridized carbons (Fsp3) is 0.389. The lowest BCUT2D eigenvalue weighted by Gasteiger charge is -2.23. The number of anilines is 1. The summed E-state index contributed by atoms with van der Waals surface area (Å²) in [5, 5.41) is 19.7. The van der Waals surface area contributed by atoms with Gasteiger partial charge in [-0.05, 0) is 60.9 Å². The van der Waals surface area contributed by atoms with Crippen molar-refractivity contribution in [2.45, 2.75) is 39.1 Å². The summed E-state index contributed by atoms with van der Waals surface area (Å²) in [5.74, 6) is 0. The summed E-state index contributed by atoms with van der Waals surface area (Å²) in [4.78, 5) is 12.0. The molecular formula is C18H24N2O3S. The Hall–Kier alpha value is -1.89. The lowest BCUT2D eigenvalue weighted by atomic mass is 9.99. The lowest BCUT2D eigenvalue weighted by molar-refractivity contribution is 0.0604. The standard InChI is InChI=1S/C18H24N2O3S/c1-13(2)23-10-14-5-4-6-16(9-14)20-17(21)19-12-18(3,22)15-7-8-24-11-15/h4-9,11,13,22H,10,12H2,1-3H3,(H2,19,20,21). The molecule has 0 aliphatic rings. The van der Waals surface area contributed by atoms with Gasteiger partial charge in [0, 0.05) is 5.69 Å². The highest BCUT2D eigenvalue weighted by Gasteiger charge is 2.24. The molecule has 0 saturated heterocycles. The number of rotatable bonds is 7. The van der Waals surface area contributed by atoms with E-state index in [0.29, 0.717) is 12.3 Å². The average Bonchev–Trinajstić information content (AvgIpc) is 3.07. The number of thiophene rings is 1. The second-order valence-electron chi connectivity index (χ2n) is 6.15. The third-order valence-electron chi connectivity index (χ3n) is 3.50. The second kappa shape index (κ2) is 8.28. The SMILES string of the molecule is CC(C)OCc1cccc(NC(=O)NCC(C)(O)c2ccsc2)c1. The van der Waals surface area contributed by atoms with Crippen LogP contribution in [0, 0.1) is 0 Å². The van der Waals surface area contributed by atoms with Gasteiger partial charge in [0.25, 0.3) is 0 Å². The smallest absolute Gasteiger partial charge is 0.319 e. The molecule has 6 heteroatoms. The normalized spacial score (nSPS) is 13.5. The number of hydrogen-bond donors (Lipinski definition) is 3. The molecule has 5 nitrogen and oxygen atoms in total. The van der Waals surface area contributed by atoms with Crippen LogP contribution >= 0.6 is 11.3 Å². The van der Waals surface area contributed by atoms with Crippen LogP contribution in [0.4, 0.5) is 10.5 Å². The van der Waals surface area contributed by atoms with Gasteiger partial charge in [0.05, 0.1) is 19.3 Å². The molecule has 1 heterocycles. The molecule has 1 atom stereocenters. The zero-order valence-electron chi connectivity index (χ0n) is 14.2. The Bertz CT molecular complexity index is 654. The molecule has 1 aromatic carbocycles. The molecule has 0 fully saturated rings. The van der Waals surface area contributed by atoms with Crippen molar-refractivity contribution < 1.29 is 14.6 Å². The monoisotopic (exact) mass is 348 g/mol. The topological polar surface area (TPSA) is 70.6 Å². The van der Waals surface area contributed by atoms with Crippen molar-refractivity contribution >= 4 is 23.1 Å². The first kappa shape index (κ1) is 18.4. The highest BCUT2D eigenvalue weighted by molar-refractivity contribution is 7.08. The molecule has 0 saturated carbocycles. The van der Waals surface area contributed by atoms with E-state index in [1.54, 1.807) is 6.92 Å². The van der Waals surface area contributed by atoms with Gasteiger partial charge < -0.3 is 20.5 Å². The van der Waals surface area contributed by atoms with Crippen LogP contribution in [0.5, 0.6) is 0 Å². The number of hydrogen-bond acceptors (Lipinski definition) is 4. The van der Waals surface area contributed by atoms with Crippen LogP contribution in [0.1, 0.15) is 31.9 Å². The van der Waals surface area contributed by atoms with Gasteiger partial charge in [0.1, 0.15) is 5.60 Å². The maximum atomic E-state index is 12.0. The Kier molecular flexibility index (Phi) is 6.36. The Morgan fingerprint density at radius 1 is 1.38 bits per heavy atom. The van der Waals surface area contributed by atoms with Gasteiger partial charge in [0.15, 0.2) is 0 Å². The number of urea groups is 1. The first-order valence-electron chi connectivity index (χ1n) is 7.87. The summed E-state index contributed by atoms with van der Waals surface area (Å²) in [5.41, 5.74) is 1.38. The predicted octanol–water partition coefficient (Wildman–Crippen LogP) is 3.70. The minimum Gasteiger partial charge on any atom is -0.384 e. The third-order valence-corrected chi connectivity index (χ3v) is 4.19. The molecule has 0 spiro atoms. The van der Waals surface area contributed by atoms with Gasteiger partial charge >= 0.3 is 6.03 Å². The zero-order valence-corrected chi connectivity index (χ0v) is 15.0. The summed E-state index contributed by atoms with van der Waals surface area (Å²) in [6.45, 7) is 6.27. The Labute approximate surface area is 146 Å². The fourth-order valence-electron chi connectivity index (χ4n) is 2.10. The molecule has 0 radical (unpaired) electrons. The van der Waals surface area contributed by atoms with Crippen molar-refractivity contribution in [3.63, 3.8) is 0 Å². The van der Waals surface area contributed by atoms with E-state index in [-0.39, 0.29) is 18.7 Å². The van der Waals surface area contributed by atoms with E-state index in [4.69, 9.17) is 4.74 Å². The third kappa shape index (κ3) is 5.63. The number of amides is 2. The summed E-state index contributed by atoms with van der Waals surface area (Å²) < 4.78 is 5.56. The molecule has 2 amide bonds. The number of aliphatic hydroxyl groups is 1. The zero-order chi connectivity index (χ0) is 17.6. The van der Waals surface area contributed by atoms with Crippen LogP contribution in [0.3, 0.4) is 0 Å². The van der Waals surface area contributed by atoms with Crippen molar-refractivity contribution in [1.82, 2.24) is 5.32 Å². The Morgan fingerprint density at radius 2 is 2.17 bits per heavy atom. The van der Waals surface area contributed by atoms with Crippen LogP contribution < -0.4 is 10.6 Å². The predicted molar refractivity (Wildman–Crippen MR) is 97.3 cm³/mol. The van der Waals surface area contributed by atoms with Gasteiger partial charge in [-0.3, -0.25) is 0 Å². The number of benzene rings is 1. The summed E-state index contributed by atoms with van der Waals surface area (Å²) in [6, 6.07) is 9.01. The van der Waals surface area contributed by atoms with Gasteiger partial charge in [-0.1, -0.05) is 12.1 Å². The maximum absolute atomic E-state index is 12.0. The van der Waals surface area contributed by atoms with Crippen molar-refractivity contribution in [2.24, 2.45) is 0 Å². The molecule has 3 N–H and O–H groups in total. The Balaban J connectivity index is 1.87. The molecule has 1 aromatic heterocycles. The number of carbonyl (C=O) groups excluding carboxylic acids is 1. The van der Waals surface area contributed by atoms with E-state index in [1.807, 2.05) is 54.9 Å². The first-order chi connectivity index (χ1) is 11.4. The van der Waals surface area contributed by atoms with Crippen LogP contribution in [-0.2, 0) is 16.9 Å². The second-order valence-corrected chi connectivity index (χ2v) is 6.93. The van der Waals surface area contributed by atoms with Crippen molar-refractivity contribution in [2.75, 3.05) is 11.9 Å². The fourth-order valence-corrected chi connectivity index (χ4v) is 2.89. The lowest BCUT2D eigenvalue weighted by Crippen LogP contribution is -2.40. The van der Waals surface area contributed by atoms with E-state index in [9.17, 15) is 9.90 Å². The highest BCUT2D eigenvalue weighted by Crippen LogP contribution is 2.22. The molecule has 0 bridgehead atoms. The van der Waals surface area contributed by atoms with E-state index >= 15 is 0 Å². The number of carbonyl (C=O) groups is 1. The first-order valence-corrected chi connectivity index (χ1v) is 8.81. The largest absolute Gasteiger partial charge is 0.384 e. The molecule has 130 valence electrons. The van der Waals surface area contributed by atoms with Crippen molar-refractivity contribution in [3.8, 4) is 0 Å². The molecule has 24 heavy (non-hydrogen) atoms. The van der Waals surface area contributed by atoms with Gasteiger partial charge in [-0.2, -0.15) is 11.3 Å². The highest BCUT2D eigenvalue weighted by atomic mass is 32.1. The van der Waals surface area contributed by atoms with E-state index in [0.717, 1.165) is 11.1 Å². The quantitative estimate of drug-likeness (QED) is 0.714. The van der Waals surface area contributed by atoms with Crippen LogP contribution in [0.25, 0.3) is 0 Å². The van der Waals surface area contributed by atoms with Crippen molar-refractivity contribution in [1.29, 1.82) is 0 Å². The van der Waals surface area contributed by atoms with Gasteiger partial charge in [-0.25, -0.2) is 4.79 Å². The van der Waals surface area contributed by atoms with E-state index in [1.165, 1.54) is 11.3 Å². The number of ether oxygens (including phenoxy) is 1. The molecule has 0 aliphatic carbocycles. The molecule has 0 aliphatic heterocycles. The summed E-state index contributed by atoms with van der Waals surface area (Å²) in [6.07, 6.45) is 0.157. The average molecular weight is 348 g/mol. The minimum absolute atomic E-state index is 0.131. The van der Waals surface area contributed by atoms with Crippen LogP contribution in [0.15, 0.2) is 41.1 Å². The van der Waals surface area contributed by atoms with E-state index < -0.39 is 5.60 Å².